The number of hydrogen-bond donors (Lipinski definition) is 1. The smallest absolute Gasteiger partial charge is 0.354 e. The predicted octanol–water partition coefficient (Wildman–Crippen LogP) is 4.24. The lowest BCUT2D eigenvalue weighted by Crippen LogP contribution is -2.27. The van der Waals surface area contributed by atoms with Gasteiger partial charge >= 0.3 is 11.6 Å². The summed E-state index contributed by atoms with van der Waals surface area (Å²) in [4.78, 5) is 37.3. The van der Waals surface area contributed by atoms with Crippen LogP contribution in [0.25, 0.3) is 17.0 Å². The predicted molar refractivity (Wildman–Crippen MR) is 126 cm³/mol. The van der Waals surface area contributed by atoms with E-state index in [4.69, 9.17) is 9.15 Å². The number of ether oxygens (including phenoxy) is 1. The van der Waals surface area contributed by atoms with Gasteiger partial charge in [0.15, 0.2) is 0 Å². The first-order chi connectivity index (χ1) is 16.5. The van der Waals surface area contributed by atoms with Gasteiger partial charge in [0.1, 0.15) is 28.5 Å². The van der Waals surface area contributed by atoms with E-state index in [2.05, 4.69) is 5.32 Å². The standard InChI is InChI=1S/C27H18N2O5/c28-16-21(13-18-7-3-1-4-8-18)26(31)33-22-12-11-20-14-23(27(32)34-24(20)15-22)25(30)29-17-19-9-5-2-6-10-19/h1-15H,17H2,(H,29,30)/b21-13+. The van der Waals surface area contributed by atoms with E-state index >= 15 is 0 Å². The van der Waals surface area contributed by atoms with Crippen LogP contribution in [0.15, 0.2) is 99.7 Å². The summed E-state index contributed by atoms with van der Waals surface area (Å²) in [6.45, 7) is 0.268. The number of carbonyl (C=O) groups excluding carboxylic acids is 2. The van der Waals surface area contributed by atoms with Crippen molar-refractivity contribution in [3.05, 3.63) is 118 Å². The molecule has 1 N–H and O–H groups in total. The lowest BCUT2D eigenvalue weighted by atomic mass is 10.1. The number of hydrogen-bond acceptors (Lipinski definition) is 6. The van der Waals surface area contributed by atoms with E-state index in [1.807, 2.05) is 42.5 Å². The van der Waals surface area contributed by atoms with Gasteiger partial charge in [0, 0.05) is 18.0 Å². The molecule has 3 aromatic carbocycles. The molecule has 0 atom stereocenters. The van der Waals surface area contributed by atoms with Crippen molar-refractivity contribution in [2.45, 2.75) is 6.54 Å². The number of nitrogens with zero attached hydrogens (tertiary/aromatic N) is 1. The van der Waals surface area contributed by atoms with Crippen molar-refractivity contribution in [2.24, 2.45) is 0 Å². The normalized spacial score (nSPS) is 11.0. The average Bonchev–Trinajstić information content (AvgIpc) is 2.86. The number of benzene rings is 3. The Morgan fingerprint density at radius 3 is 2.38 bits per heavy atom. The quantitative estimate of drug-likeness (QED) is 0.155. The van der Waals surface area contributed by atoms with Crippen LogP contribution in [0.3, 0.4) is 0 Å². The molecule has 0 aliphatic rings. The maximum absolute atomic E-state index is 12.5. The minimum absolute atomic E-state index is 0.0936. The zero-order valence-electron chi connectivity index (χ0n) is 17.9. The molecule has 0 aliphatic heterocycles. The van der Waals surface area contributed by atoms with Crippen molar-refractivity contribution in [1.82, 2.24) is 5.32 Å². The third-order valence-corrected chi connectivity index (χ3v) is 4.91. The Hall–Kier alpha value is -4.96. The van der Waals surface area contributed by atoms with Gasteiger partial charge in [-0.1, -0.05) is 60.7 Å². The molecular formula is C27H18N2O5. The number of carbonyl (C=O) groups is 2. The van der Waals surface area contributed by atoms with Gasteiger partial charge in [0.25, 0.3) is 5.91 Å². The van der Waals surface area contributed by atoms with Crippen LogP contribution in [0.1, 0.15) is 21.5 Å². The Kier molecular flexibility index (Phi) is 6.61. The van der Waals surface area contributed by atoms with Gasteiger partial charge in [-0.05, 0) is 35.4 Å². The lowest BCUT2D eigenvalue weighted by Gasteiger charge is -2.07. The van der Waals surface area contributed by atoms with Crippen molar-refractivity contribution in [2.75, 3.05) is 0 Å². The van der Waals surface area contributed by atoms with Crippen molar-refractivity contribution in [1.29, 1.82) is 5.26 Å². The van der Waals surface area contributed by atoms with Crippen molar-refractivity contribution >= 4 is 28.9 Å². The molecule has 0 fully saturated rings. The topological polar surface area (TPSA) is 109 Å². The van der Waals surface area contributed by atoms with Crippen LogP contribution in [0, 0.1) is 11.3 Å². The molecule has 166 valence electrons. The lowest BCUT2D eigenvalue weighted by molar-refractivity contribution is -0.129. The van der Waals surface area contributed by atoms with Crippen LogP contribution in [-0.2, 0) is 11.3 Å². The second-order valence-corrected chi connectivity index (χ2v) is 7.29. The number of rotatable bonds is 6. The number of nitriles is 1. The number of nitrogens with one attached hydrogen (secondary N) is 1. The molecule has 0 saturated heterocycles. The summed E-state index contributed by atoms with van der Waals surface area (Å²) >= 11 is 0. The van der Waals surface area contributed by atoms with Crippen LogP contribution in [0.2, 0.25) is 0 Å². The third kappa shape index (κ3) is 5.26. The third-order valence-electron chi connectivity index (χ3n) is 4.91. The molecule has 0 aliphatic carbocycles. The van der Waals surface area contributed by atoms with Crippen LogP contribution in [-0.4, -0.2) is 11.9 Å². The molecule has 1 amide bonds. The zero-order valence-corrected chi connectivity index (χ0v) is 17.9. The van der Waals surface area contributed by atoms with Gasteiger partial charge in [-0.3, -0.25) is 4.79 Å². The molecule has 0 saturated carbocycles. The molecule has 7 nitrogen and oxygen atoms in total. The summed E-state index contributed by atoms with van der Waals surface area (Å²) in [6, 6.07) is 25.9. The van der Waals surface area contributed by atoms with Crippen LogP contribution < -0.4 is 15.7 Å². The fourth-order valence-corrected chi connectivity index (χ4v) is 3.20. The first-order valence-electron chi connectivity index (χ1n) is 10.3. The Morgan fingerprint density at radius 1 is 0.971 bits per heavy atom. The van der Waals surface area contributed by atoms with Gasteiger partial charge in [-0.15, -0.1) is 0 Å². The highest BCUT2D eigenvalue weighted by Gasteiger charge is 2.16. The summed E-state index contributed by atoms with van der Waals surface area (Å²) in [5, 5.41) is 12.5. The summed E-state index contributed by atoms with van der Waals surface area (Å²) in [7, 11) is 0. The van der Waals surface area contributed by atoms with Gasteiger partial charge < -0.3 is 14.5 Å². The average molecular weight is 450 g/mol. The van der Waals surface area contributed by atoms with Gasteiger partial charge in [-0.2, -0.15) is 5.26 Å². The Bertz CT molecular complexity index is 1480. The Labute approximate surface area is 194 Å². The maximum Gasteiger partial charge on any atom is 0.354 e. The zero-order chi connectivity index (χ0) is 23.9. The largest absolute Gasteiger partial charge is 0.422 e. The first-order valence-corrected chi connectivity index (χ1v) is 10.3. The van der Waals surface area contributed by atoms with E-state index in [0.29, 0.717) is 10.9 Å². The Balaban J connectivity index is 1.51. The highest BCUT2D eigenvalue weighted by molar-refractivity contribution is 5.99. The van der Waals surface area contributed by atoms with E-state index in [1.165, 1.54) is 24.3 Å². The maximum atomic E-state index is 12.5. The van der Waals surface area contributed by atoms with E-state index < -0.39 is 17.5 Å². The highest BCUT2D eigenvalue weighted by Crippen LogP contribution is 2.22. The molecule has 7 heteroatoms. The number of fused-ring (bicyclic) bond motifs is 1. The fourth-order valence-electron chi connectivity index (χ4n) is 3.20. The second-order valence-electron chi connectivity index (χ2n) is 7.29. The van der Waals surface area contributed by atoms with Gasteiger partial charge in [0.05, 0.1) is 0 Å². The molecule has 0 unspecified atom stereocenters. The first kappa shape index (κ1) is 22.2. The Morgan fingerprint density at radius 2 is 1.68 bits per heavy atom. The molecular weight excluding hydrogens is 432 g/mol. The minimum atomic E-state index is -0.843. The molecule has 0 bridgehead atoms. The molecule has 34 heavy (non-hydrogen) atoms. The van der Waals surface area contributed by atoms with Crippen molar-refractivity contribution in [3.63, 3.8) is 0 Å². The SMILES string of the molecule is N#C/C(=C\c1ccccc1)C(=O)Oc1ccc2cc(C(=O)NCc3ccccc3)c(=O)oc2c1. The van der Waals surface area contributed by atoms with E-state index in [1.54, 1.807) is 30.3 Å². The van der Waals surface area contributed by atoms with Gasteiger partial charge in [-0.25, -0.2) is 9.59 Å². The van der Waals surface area contributed by atoms with Crippen molar-refractivity contribution in [3.8, 4) is 11.8 Å². The van der Waals surface area contributed by atoms with E-state index in [0.717, 1.165) is 5.56 Å². The monoisotopic (exact) mass is 450 g/mol. The van der Waals surface area contributed by atoms with Crippen molar-refractivity contribution < 1.29 is 18.7 Å². The molecule has 0 radical (unpaired) electrons. The molecule has 1 aromatic heterocycles. The van der Waals surface area contributed by atoms with E-state index in [9.17, 15) is 19.6 Å². The van der Waals surface area contributed by atoms with Crippen LogP contribution >= 0.6 is 0 Å². The van der Waals surface area contributed by atoms with E-state index in [-0.39, 0.29) is 29.0 Å². The van der Waals surface area contributed by atoms with Crippen LogP contribution in [0.4, 0.5) is 0 Å². The minimum Gasteiger partial charge on any atom is -0.422 e. The van der Waals surface area contributed by atoms with Crippen LogP contribution in [0.5, 0.6) is 5.75 Å². The molecule has 1 heterocycles. The summed E-state index contributed by atoms with van der Waals surface area (Å²) in [5.41, 5.74) is 0.580. The number of amides is 1. The number of esters is 1. The molecule has 4 rings (SSSR count). The highest BCUT2D eigenvalue weighted by atomic mass is 16.5. The summed E-state index contributed by atoms with van der Waals surface area (Å²) in [5.74, 6) is -1.30. The summed E-state index contributed by atoms with van der Waals surface area (Å²) < 4.78 is 10.6. The molecule has 4 aromatic rings. The second kappa shape index (κ2) is 10.1. The van der Waals surface area contributed by atoms with Gasteiger partial charge in [0.2, 0.25) is 0 Å². The summed E-state index contributed by atoms with van der Waals surface area (Å²) in [6.07, 6.45) is 1.42. The molecule has 0 spiro atoms. The fraction of sp³-hybridized carbons (Fsp3) is 0.0370.